The molecule has 1 unspecified atom stereocenters. The summed E-state index contributed by atoms with van der Waals surface area (Å²) in [4.78, 5) is 16.0. The Morgan fingerprint density at radius 1 is 1.30 bits per heavy atom. The zero-order chi connectivity index (χ0) is 19.1. The molecule has 1 aliphatic heterocycles. The number of benzene rings is 1. The number of hydrogen-bond acceptors (Lipinski definition) is 6. The van der Waals surface area contributed by atoms with Crippen molar-refractivity contribution in [3.8, 4) is 11.5 Å². The van der Waals surface area contributed by atoms with Crippen LogP contribution in [0.3, 0.4) is 0 Å². The highest BCUT2D eigenvalue weighted by Crippen LogP contribution is 2.34. The Kier molecular flexibility index (Phi) is 7.09. The number of hydrogen-bond donors (Lipinski definition) is 1. The fourth-order valence-corrected chi connectivity index (χ4v) is 4.14. The third-order valence-electron chi connectivity index (χ3n) is 4.62. The fourth-order valence-electron chi connectivity index (χ4n) is 3.21. The predicted octanol–water partition coefficient (Wildman–Crippen LogP) is 2.50. The summed E-state index contributed by atoms with van der Waals surface area (Å²) in [5.41, 5.74) is 1.19. The van der Waals surface area contributed by atoms with Crippen LogP contribution in [0.25, 0.3) is 0 Å². The van der Waals surface area contributed by atoms with Gasteiger partial charge in [-0.05, 0) is 35.6 Å². The Morgan fingerprint density at radius 3 is 2.96 bits per heavy atom. The first-order valence-corrected chi connectivity index (χ1v) is 9.93. The van der Waals surface area contributed by atoms with Crippen LogP contribution in [-0.2, 0) is 16.0 Å². The van der Waals surface area contributed by atoms with Crippen LogP contribution in [0, 0.1) is 0 Å². The molecule has 0 saturated carbocycles. The van der Waals surface area contributed by atoms with Crippen molar-refractivity contribution in [2.75, 3.05) is 47.1 Å². The van der Waals surface area contributed by atoms with Gasteiger partial charge in [-0.3, -0.25) is 4.79 Å². The number of carbonyl (C=O) groups excluding carboxylic acids is 1. The van der Waals surface area contributed by atoms with Crippen molar-refractivity contribution >= 4 is 17.2 Å². The van der Waals surface area contributed by atoms with E-state index >= 15 is 0 Å². The molecule has 0 saturated heterocycles. The number of thiophene rings is 1. The molecule has 1 atom stereocenters. The quantitative estimate of drug-likeness (QED) is 0.667. The summed E-state index contributed by atoms with van der Waals surface area (Å²) in [5.74, 6) is 1.58. The minimum Gasteiger partial charge on any atom is -0.497 e. The molecule has 0 aliphatic carbocycles. The van der Waals surface area contributed by atoms with Crippen molar-refractivity contribution in [3.63, 3.8) is 0 Å². The second-order valence-corrected chi connectivity index (χ2v) is 7.31. The van der Waals surface area contributed by atoms with E-state index in [1.165, 1.54) is 10.4 Å². The summed E-state index contributed by atoms with van der Waals surface area (Å²) in [7, 11) is 3.28. The van der Waals surface area contributed by atoms with Gasteiger partial charge in [0.1, 0.15) is 18.1 Å². The lowest BCUT2D eigenvalue weighted by Gasteiger charge is -2.36. The van der Waals surface area contributed by atoms with Crippen LogP contribution in [0.2, 0.25) is 0 Å². The maximum Gasteiger partial charge on any atom is 0.237 e. The standard InChI is InChI=1S/C20H26N2O4S/c1-24-10-8-21-13-20(23)22-9-6-19-17(7-11-27-19)18(22)14-26-16-5-3-4-15(12-16)25-2/h3-5,7,11-12,18,21H,6,8-10,13-14H2,1-2H3. The van der Waals surface area contributed by atoms with Crippen molar-refractivity contribution in [2.24, 2.45) is 0 Å². The lowest BCUT2D eigenvalue weighted by Crippen LogP contribution is -2.46. The third kappa shape index (κ3) is 5.00. The Hall–Kier alpha value is -2.09. The smallest absolute Gasteiger partial charge is 0.237 e. The van der Waals surface area contributed by atoms with Crippen LogP contribution in [-0.4, -0.2) is 57.9 Å². The summed E-state index contributed by atoms with van der Waals surface area (Å²) < 4.78 is 16.3. The van der Waals surface area contributed by atoms with Gasteiger partial charge in [0, 0.05) is 31.1 Å². The average molecular weight is 391 g/mol. The lowest BCUT2D eigenvalue weighted by molar-refractivity contribution is -0.133. The topological polar surface area (TPSA) is 60.0 Å². The van der Waals surface area contributed by atoms with Gasteiger partial charge in [0.15, 0.2) is 0 Å². The highest BCUT2D eigenvalue weighted by Gasteiger charge is 2.31. The van der Waals surface area contributed by atoms with Gasteiger partial charge < -0.3 is 24.4 Å². The largest absolute Gasteiger partial charge is 0.497 e. The van der Waals surface area contributed by atoms with E-state index in [4.69, 9.17) is 14.2 Å². The minimum absolute atomic E-state index is 0.0806. The second kappa shape index (κ2) is 9.73. The predicted molar refractivity (Wildman–Crippen MR) is 106 cm³/mol. The Bertz CT molecular complexity index is 749. The van der Waals surface area contributed by atoms with E-state index in [0.29, 0.717) is 32.8 Å². The maximum absolute atomic E-state index is 12.8. The van der Waals surface area contributed by atoms with Crippen LogP contribution >= 0.6 is 11.3 Å². The molecule has 1 aromatic heterocycles. The molecule has 2 aromatic rings. The number of carbonyl (C=O) groups is 1. The number of ether oxygens (including phenoxy) is 3. The number of rotatable bonds is 9. The molecule has 1 amide bonds. The number of nitrogens with zero attached hydrogens (tertiary/aromatic N) is 1. The molecule has 6 nitrogen and oxygen atoms in total. The Morgan fingerprint density at radius 2 is 2.15 bits per heavy atom. The zero-order valence-electron chi connectivity index (χ0n) is 15.8. The van der Waals surface area contributed by atoms with Crippen LogP contribution in [0.4, 0.5) is 0 Å². The Balaban J connectivity index is 1.68. The molecule has 1 aliphatic rings. The van der Waals surface area contributed by atoms with Crippen LogP contribution < -0.4 is 14.8 Å². The number of amides is 1. The Labute approximate surface area is 164 Å². The van der Waals surface area contributed by atoms with E-state index in [1.807, 2.05) is 29.2 Å². The molecule has 0 spiro atoms. The maximum atomic E-state index is 12.8. The molecule has 0 radical (unpaired) electrons. The first kappa shape index (κ1) is 19.7. The van der Waals surface area contributed by atoms with Crippen LogP contribution in [0.5, 0.6) is 11.5 Å². The first-order chi connectivity index (χ1) is 13.2. The van der Waals surface area contributed by atoms with E-state index in [-0.39, 0.29) is 11.9 Å². The highest BCUT2D eigenvalue weighted by molar-refractivity contribution is 7.10. The normalized spacial score (nSPS) is 16.1. The monoisotopic (exact) mass is 390 g/mol. The number of methoxy groups -OCH3 is 2. The highest BCUT2D eigenvalue weighted by atomic mass is 32.1. The van der Waals surface area contributed by atoms with Gasteiger partial charge >= 0.3 is 0 Å². The SMILES string of the molecule is COCCNCC(=O)N1CCc2sccc2C1COc1cccc(OC)c1. The summed E-state index contributed by atoms with van der Waals surface area (Å²) in [6.45, 7) is 2.68. The summed E-state index contributed by atoms with van der Waals surface area (Å²) in [5, 5.41) is 5.23. The van der Waals surface area contributed by atoms with E-state index in [2.05, 4.69) is 16.8 Å². The van der Waals surface area contributed by atoms with Gasteiger partial charge in [0.05, 0.1) is 26.3 Å². The van der Waals surface area contributed by atoms with Gasteiger partial charge in [0.2, 0.25) is 5.91 Å². The minimum atomic E-state index is -0.0806. The van der Waals surface area contributed by atoms with Crippen molar-refractivity contribution in [3.05, 3.63) is 46.2 Å². The van der Waals surface area contributed by atoms with E-state index in [1.54, 1.807) is 25.6 Å². The van der Waals surface area contributed by atoms with Gasteiger partial charge in [-0.25, -0.2) is 0 Å². The molecule has 146 valence electrons. The first-order valence-electron chi connectivity index (χ1n) is 9.05. The number of fused-ring (bicyclic) bond motifs is 1. The fraction of sp³-hybridized carbons (Fsp3) is 0.450. The third-order valence-corrected chi connectivity index (χ3v) is 5.62. The second-order valence-electron chi connectivity index (χ2n) is 6.31. The molecule has 3 rings (SSSR count). The van der Waals surface area contributed by atoms with Crippen molar-refractivity contribution in [1.29, 1.82) is 0 Å². The number of nitrogens with one attached hydrogen (secondary N) is 1. The average Bonchev–Trinajstić information content (AvgIpc) is 3.18. The van der Waals surface area contributed by atoms with Crippen LogP contribution in [0.15, 0.2) is 35.7 Å². The van der Waals surface area contributed by atoms with Crippen LogP contribution in [0.1, 0.15) is 16.5 Å². The molecule has 1 aromatic carbocycles. The van der Waals surface area contributed by atoms with Gasteiger partial charge in [-0.15, -0.1) is 11.3 Å². The van der Waals surface area contributed by atoms with Gasteiger partial charge in [-0.2, -0.15) is 0 Å². The van der Waals surface area contributed by atoms with Gasteiger partial charge in [0.25, 0.3) is 0 Å². The van der Waals surface area contributed by atoms with Crippen molar-refractivity contribution in [2.45, 2.75) is 12.5 Å². The molecule has 2 heterocycles. The molecule has 1 N–H and O–H groups in total. The molecular formula is C20H26N2O4S. The van der Waals surface area contributed by atoms with Crippen molar-refractivity contribution in [1.82, 2.24) is 10.2 Å². The molecule has 7 heteroatoms. The molecular weight excluding hydrogens is 364 g/mol. The van der Waals surface area contributed by atoms with Crippen molar-refractivity contribution < 1.29 is 19.0 Å². The molecule has 0 fully saturated rings. The van der Waals surface area contributed by atoms with E-state index < -0.39 is 0 Å². The molecule has 27 heavy (non-hydrogen) atoms. The lowest BCUT2D eigenvalue weighted by atomic mass is 10.0. The molecule has 0 bridgehead atoms. The van der Waals surface area contributed by atoms with E-state index in [9.17, 15) is 4.79 Å². The summed E-state index contributed by atoms with van der Waals surface area (Å²) in [6, 6.07) is 9.56. The zero-order valence-corrected chi connectivity index (χ0v) is 16.6. The summed E-state index contributed by atoms with van der Waals surface area (Å²) >= 11 is 1.75. The van der Waals surface area contributed by atoms with E-state index in [0.717, 1.165) is 17.9 Å². The summed E-state index contributed by atoms with van der Waals surface area (Å²) in [6.07, 6.45) is 0.895. The van der Waals surface area contributed by atoms with Gasteiger partial charge in [-0.1, -0.05) is 6.07 Å².